The lowest BCUT2D eigenvalue weighted by molar-refractivity contribution is -0.311. The largest absolute Gasteiger partial charge is 0.548 e. The molecule has 2 heterocycles. The third-order valence-corrected chi connectivity index (χ3v) is 6.85. The predicted octanol–water partition coefficient (Wildman–Crippen LogP) is 3.59. The normalized spacial score (nSPS) is 16.8. The molecule has 0 saturated carbocycles. The van der Waals surface area contributed by atoms with Gasteiger partial charge in [-0.3, -0.25) is 4.90 Å². The van der Waals surface area contributed by atoms with Crippen molar-refractivity contribution in [2.75, 3.05) is 6.61 Å². The van der Waals surface area contributed by atoms with Gasteiger partial charge >= 0.3 is 6.09 Å². The Morgan fingerprint density at radius 1 is 0.939 bits per heavy atom. The van der Waals surface area contributed by atoms with Gasteiger partial charge in [-0.1, -0.05) is 66.7 Å². The van der Waals surface area contributed by atoms with Crippen LogP contribution in [0.4, 0.5) is 4.79 Å². The van der Waals surface area contributed by atoms with Crippen molar-refractivity contribution in [2.45, 2.75) is 24.9 Å². The number of aromatic nitrogens is 1. The molecule has 1 aliphatic heterocycles. The van der Waals surface area contributed by atoms with E-state index in [1.54, 1.807) is 0 Å². The molecule has 1 aromatic heterocycles. The lowest BCUT2D eigenvalue weighted by Gasteiger charge is -2.35. The van der Waals surface area contributed by atoms with Crippen molar-refractivity contribution in [2.24, 2.45) is 0 Å². The van der Waals surface area contributed by atoms with Gasteiger partial charge in [0.1, 0.15) is 6.61 Å². The number of carbonyl (C=O) groups excluding carboxylic acids is 2. The van der Waals surface area contributed by atoms with Crippen LogP contribution in [-0.2, 0) is 22.5 Å². The maximum Gasteiger partial charge on any atom is 0.410 e. The molecule has 0 radical (unpaired) electrons. The monoisotopic (exact) mass is 437 g/mol. The van der Waals surface area contributed by atoms with Crippen molar-refractivity contribution in [3.8, 4) is 11.1 Å². The van der Waals surface area contributed by atoms with E-state index >= 15 is 0 Å². The number of fused-ring (bicyclic) bond motifs is 6. The van der Waals surface area contributed by atoms with Crippen LogP contribution in [0.3, 0.4) is 0 Å². The number of ether oxygens (including phenoxy) is 1. The highest BCUT2D eigenvalue weighted by atomic mass is 16.6. The average molecular weight is 437 g/mol. The van der Waals surface area contributed by atoms with E-state index in [1.165, 1.54) is 4.90 Å². The zero-order chi connectivity index (χ0) is 22.5. The minimum absolute atomic E-state index is 0.0869. The fourth-order valence-corrected chi connectivity index (χ4v) is 5.29. The number of nitrogens with one attached hydrogen (secondary N) is 1. The highest BCUT2D eigenvalue weighted by molar-refractivity contribution is 5.88. The van der Waals surface area contributed by atoms with E-state index in [0.29, 0.717) is 0 Å². The van der Waals surface area contributed by atoms with Crippen LogP contribution in [0.2, 0.25) is 0 Å². The molecule has 2 aliphatic rings. The lowest BCUT2D eigenvalue weighted by Crippen LogP contribution is -2.53. The smallest absolute Gasteiger partial charge is 0.410 e. The summed E-state index contributed by atoms with van der Waals surface area (Å²) in [5.41, 5.74) is 7.18. The Balaban J connectivity index is 1.27. The molecule has 0 fully saturated rings. The van der Waals surface area contributed by atoms with E-state index in [2.05, 4.69) is 29.2 Å². The summed E-state index contributed by atoms with van der Waals surface area (Å²) in [5, 5.41) is 12.9. The predicted molar refractivity (Wildman–Crippen MR) is 121 cm³/mol. The summed E-state index contributed by atoms with van der Waals surface area (Å²) in [6.07, 6.45) is -0.457. The summed E-state index contributed by atoms with van der Waals surface area (Å²) in [6, 6.07) is 22.9. The van der Waals surface area contributed by atoms with Gasteiger partial charge in [0.15, 0.2) is 0 Å². The van der Waals surface area contributed by atoms with Gasteiger partial charge in [0.2, 0.25) is 0 Å². The molecule has 0 bridgehead atoms. The number of aromatic amines is 1. The lowest BCUT2D eigenvalue weighted by atomic mass is 9.97. The molecule has 164 valence electrons. The van der Waals surface area contributed by atoms with Crippen molar-refractivity contribution in [1.29, 1.82) is 0 Å². The fraction of sp³-hybridized carbons (Fsp3) is 0.185. The maximum atomic E-state index is 13.1. The average Bonchev–Trinajstić information content (AvgIpc) is 3.37. The molecule has 6 rings (SSSR count). The summed E-state index contributed by atoms with van der Waals surface area (Å²) >= 11 is 0. The van der Waals surface area contributed by atoms with E-state index < -0.39 is 18.1 Å². The Kier molecular flexibility index (Phi) is 4.47. The maximum absolute atomic E-state index is 13.1. The van der Waals surface area contributed by atoms with Crippen molar-refractivity contribution >= 4 is 23.0 Å². The first-order valence-electron chi connectivity index (χ1n) is 11.0. The molecule has 0 unspecified atom stereocenters. The highest BCUT2D eigenvalue weighted by Crippen LogP contribution is 2.44. The zero-order valence-electron chi connectivity index (χ0n) is 17.8. The molecule has 6 nitrogen and oxygen atoms in total. The summed E-state index contributed by atoms with van der Waals surface area (Å²) in [7, 11) is 0. The third kappa shape index (κ3) is 3.09. The van der Waals surface area contributed by atoms with Crippen molar-refractivity contribution in [3.63, 3.8) is 0 Å². The third-order valence-electron chi connectivity index (χ3n) is 6.85. The molecular weight excluding hydrogens is 416 g/mol. The molecule has 0 spiro atoms. The number of carboxylic acids is 1. The fourth-order valence-electron chi connectivity index (χ4n) is 5.29. The molecule has 1 N–H and O–H groups in total. The van der Waals surface area contributed by atoms with Crippen LogP contribution in [0.15, 0.2) is 72.8 Å². The molecule has 33 heavy (non-hydrogen) atoms. The van der Waals surface area contributed by atoms with Gasteiger partial charge in [-0.25, -0.2) is 4.79 Å². The number of hydrogen-bond donors (Lipinski definition) is 1. The van der Waals surface area contributed by atoms with E-state index in [-0.39, 0.29) is 25.5 Å². The van der Waals surface area contributed by atoms with Crippen LogP contribution < -0.4 is 5.11 Å². The number of carbonyl (C=O) groups is 2. The van der Waals surface area contributed by atoms with Crippen LogP contribution in [0.5, 0.6) is 0 Å². The Morgan fingerprint density at radius 3 is 2.27 bits per heavy atom. The minimum atomic E-state index is -1.28. The zero-order valence-corrected chi connectivity index (χ0v) is 17.8. The second-order valence-electron chi connectivity index (χ2n) is 8.60. The van der Waals surface area contributed by atoms with Gasteiger partial charge in [-0.2, -0.15) is 0 Å². The molecule has 3 aromatic carbocycles. The number of hydrogen-bond acceptors (Lipinski definition) is 4. The van der Waals surface area contributed by atoms with E-state index in [9.17, 15) is 14.7 Å². The number of carboxylic acid groups (broad SMARTS) is 1. The van der Waals surface area contributed by atoms with Crippen LogP contribution in [-0.4, -0.2) is 34.6 Å². The number of amides is 1. The standard InChI is InChI=1S/C27H22N2O4/c30-26(31)25-13-21-20-11-5-6-12-23(20)28-24(21)14-29(25)27(32)33-15-22-18-9-3-1-7-16(18)17-8-2-4-10-19(17)22/h1-12,22,25,28H,13-15H2,(H,30,31)/p-1/t25-/m0/s1. The Labute approximate surface area is 190 Å². The van der Waals surface area contributed by atoms with Crippen LogP contribution in [0.1, 0.15) is 28.3 Å². The van der Waals surface area contributed by atoms with E-state index in [1.807, 2.05) is 48.5 Å². The molecule has 1 atom stereocenters. The Hall–Kier alpha value is -4.06. The Morgan fingerprint density at radius 2 is 1.58 bits per heavy atom. The first-order chi connectivity index (χ1) is 16.1. The summed E-state index contributed by atoms with van der Waals surface area (Å²) in [4.78, 5) is 29.7. The summed E-state index contributed by atoms with van der Waals surface area (Å²) < 4.78 is 5.73. The highest BCUT2D eigenvalue weighted by Gasteiger charge is 2.35. The topological polar surface area (TPSA) is 85.5 Å². The van der Waals surface area contributed by atoms with Crippen molar-refractivity contribution in [3.05, 3.63) is 95.2 Å². The molecular formula is C27H21N2O4-. The first kappa shape index (κ1) is 19.6. The van der Waals surface area contributed by atoms with Gasteiger partial charge in [0.25, 0.3) is 0 Å². The molecule has 6 heteroatoms. The second kappa shape index (κ2) is 7.52. The Bertz CT molecular complexity index is 1360. The van der Waals surface area contributed by atoms with Crippen molar-refractivity contribution < 1.29 is 19.4 Å². The van der Waals surface area contributed by atoms with Crippen LogP contribution in [0, 0.1) is 0 Å². The number of rotatable bonds is 3. The van der Waals surface area contributed by atoms with Crippen LogP contribution >= 0.6 is 0 Å². The molecule has 4 aromatic rings. The summed E-state index contributed by atoms with van der Waals surface area (Å²) in [5.74, 6) is -1.37. The second-order valence-corrected chi connectivity index (χ2v) is 8.60. The van der Waals surface area contributed by atoms with Gasteiger partial charge in [0, 0.05) is 28.9 Å². The first-order valence-corrected chi connectivity index (χ1v) is 11.0. The van der Waals surface area contributed by atoms with E-state index in [0.717, 1.165) is 44.4 Å². The number of nitrogens with zero attached hydrogens (tertiary/aromatic N) is 1. The number of benzene rings is 3. The van der Waals surface area contributed by atoms with Gasteiger partial charge in [-0.05, 0) is 33.9 Å². The quantitative estimate of drug-likeness (QED) is 0.531. The van der Waals surface area contributed by atoms with Crippen molar-refractivity contribution in [1.82, 2.24) is 9.88 Å². The van der Waals surface area contributed by atoms with E-state index in [4.69, 9.17) is 4.74 Å². The number of H-pyrrole nitrogens is 1. The molecule has 0 saturated heterocycles. The van der Waals surface area contributed by atoms with Gasteiger partial charge < -0.3 is 19.6 Å². The summed E-state index contributed by atoms with van der Waals surface area (Å²) in [6.45, 7) is 0.280. The van der Waals surface area contributed by atoms with Gasteiger partial charge in [0.05, 0.1) is 18.6 Å². The van der Waals surface area contributed by atoms with Crippen LogP contribution in [0.25, 0.3) is 22.0 Å². The SMILES string of the molecule is O=C([O-])[C@@H]1Cc2c([nH]c3ccccc23)CN1C(=O)OCC1c2ccccc2-c2ccccc21. The number of para-hydroxylation sites is 1. The minimum Gasteiger partial charge on any atom is -0.548 e. The number of aliphatic carboxylic acids is 1. The molecule has 1 amide bonds. The molecule has 1 aliphatic carbocycles. The van der Waals surface area contributed by atoms with Gasteiger partial charge in [-0.15, -0.1) is 0 Å².